The van der Waals surface area contributed by atoms with Gasteiger partial charge in [-0.1, -0.05) is 6.07 Å². The van der Waals surface area contributed by atoms with E-state index in [0.717, 1.165) is 16.9 Å². The molecule has 0 aliphatic rings. The molecular weight excluding hydrogens is 162 g/mol. The van der Waals surface area contributed by atoms with E-state index in [2.05, 4.69) is 6.07 Å². The quantitative estimate of drug-likeness (QED) is 0.692. The summed E-state index contributed by atoms with van der Waals surface area (Å²) in [6.07, 6.45) is -0.388. The van der Waals surface area contributed by atoms with Crippen LogP contribution in [0.25, 0.3) is 0 Å². The van der Waals surface area contributed by atoms with Crippen molar-refractivity contribution in [2.24, 2.45) is 0 Å². The summed E-state index contributed by atoms with van der Waals surface area (Å²) in [6, 6.07) is 7.97. The van der Waals surface area contributed by atoms with E-state index in [-0.39, 0.29) is 6.10 Å². The summed E-state index contributed by atoms with van der Waals surface area (Å²) in [6.45, 7) is 5.76. The minimum absolute atomic E-state index is 0.388. The monoisotopic (exact) mass is 175 g/mol. The maximum atomic E-state index is 8.56. The van der Waals surface area contributed by atoms with Gasteiger partial charge in [0.1, 0.15) is 11.8 Å². The molecule has 0 bridgehead atoms. The third-order valence-electron chi connectivity index (χ3n) is 1.69. The van der Waals surface area contributed by atoms with Crippen LogP contribution in [0.2, 0.25) is 0 Å². The first kappa shape index (κ1) is 9.60. The molecule has 1 aromatic carbocycles. The van der Waals surface area contributed by atoms with E-state index in [4.69, 9.17) is 10.00 Å². The second-order valence-electron chi connectivity index (χ2n) is 3.21. The molecule has 68 valence electrons. The topological polar surface area (TPSA) is 33.0 Å². The van der Waals surface area contributed by atoms with E-state index in [0.29, 0.717) is 0 Å². The zero-order valence-electron chi connectivity index (χ0n) is 8.16. The molecule has 0 aliphatic carbocycles. The molecule has 1 atom stereocenters. The molecule has 1 aromatic rings. The molecule has 0 saturated carbocycles. The summed E-state index contributed by atoms with van der Waals surface area (Å²) < 4.78 is 5.36. The SMILES string of the molecule is Cc1cc(C)cc(OC(C)C#N)c1. The summed E-state index contributed by atoms with van der Waals surface area (Å²) in [5, 5.41) is 8.56. The Bertz CT molecular complexity index is 318. The Morgan fingerprint density at radius 3 is 2.23 bits per heavy atom. The molecule has 0 heterocycles. The molecular formula is C11H13NO. The van der Waals surface area contributed by atoms with Gasteiger partial charge in [0.05, 0.1) is 0 Å². The minimum Gasteiger partial charge on any atom is -0.476 e. The lowest BCUT2D eigenvalue weighted by Gasteiger charge is -2.08. The normalized spacial score (nSPS) is 11.8. The fourth-order valence-electron chi connectivity index (χ4n) is 1.23. The predicted octanol–water partition coefficient (Wildman–Crippen LogP) is 2.59. The van der Waals surface area contributed by atoms with Gasteiger partial charge in [-0.3, -0.25) is 0 Å². The van der Waals surface area contributed by atoms with E-state index in [9.17, 15) is 0 Å². The molecule has 2 heteroatoms. The molecule has 1 rings (SSSR count). The van der Waals surface area contributed by atoms with Crippen LogP contribution < -0.4 is 4.74 Å². The fraction of sp³-hybridized carbons (Fsp3) is 0.364. The maximum absolute atomic E-state index is 8.56. The summed E-state index contributed by atoms with van der Waals surface area (Å²) in [5.41, 5.74) is 2.31. The molecule has 0 radical (unpaired) electrons. The Morgan fingerprint density at radius 2 is 1.77 bits per heavy atom. The Balaban J connectivity index is 2.84. The molecule has 0 spiro atoms. The average Bonchev–Trinajstić information content (AvgIpc) is 2.02. The van der Waals surface area contributed by atoms with Crippen LogP contribution >= 0.6 is 0 Å². The van der Waals surface area contributed by atoms with Crippen molar-refractivity contribution >= 4 is 0 Å². The van der Waals surface area contributed by atoms with Crippen LogP contribution in [0, 0.1) is 25.2 Å². The highest BCUT2D eigenvalue weighted by molar-refractivity contribution is 5.33. The Kier molecular flexibility index (Phi) is 2.92. The number of ether oxygens (including phenoxy) is 1. The van der Waals surface area contributed by atoms with Gasteiger partial charge >= 0.3 is 0 Å². The van der Waals surface area contributed by atoms with Crippen LogP contribution in [0.5, 0.6) is 5.75 Å². The fourth-order valence-corrected chi connectivity index (χ4v) is 1.23. The summed E-state index contributed by atoms with van der Waals surface area (Å²) in [4.78, 5) is 0. The Morgan fingerprint density at radius 1 is 1.23 bits per heavy atom. The van der Waals surface area contributed by atoms with Gasteiger partial charge in [-0.05, 0) is 44.0 Å². The average molecular weight is 175 g/mol. The number of hydrogen-bond donors (Lipinski definition) is 0. The number of aryl methyl sites for hydroxylation is 2. The van der Waals surface area contributed by atoms with Crippen molar-refractivity contribution in [2.45, 2.75) is 26.9 Å². The van der Waals surface area contributed by atoms with Gasteiger partial charge < -0.3 is 4.74 Å². The summed E-state index contributed by atoms with van der Waals surface area (Å²) in [7, 11) is 0. The van der Waals surface area contributed by atoms with E-state index in [1.54, 1.807) is 6.92 Å². The predicted molar refractivity (Wildman–Crippen MR) is 51.6 cm³/mol. The van der Waals surface area contributed by atoms with E-state index in [1.807, 2.05) is 32.0 Å². The second-order valence-corrected chi connectivity index (χ2v) is 3.21. The molecule has 0 fully saturated rings. The smallest absolute Gasteiger partial charge is 0.181 e. The van der Waals surface area contributed by atoms with E-state index < -0.39 is 0 Å². The van der Waals surface area contributed by atoms with Crippen LogP contribution in [0.15, 0.2) is 18.2 Å². The first-order valence-corrected chi connectivity index (χ1v) is 4.26. The highest BCUT2D eigenvalue weighted by Gasteiger charge is 2.01. The molecule has 0 saturated heterocycles. The van der Waals surface area contributed by atoms with Gasteiger partial charge in [0.15, 0.2) is 6.10 Å². The van der Waals surface area contributed by atoms with Gasteiger partial charge in [-0.2, -0.15) is 5.26 Å². The van der Waals surface area contributed by atoms with Crippen molar-refractivity contribution in [1.29, 1.82) is 5.26 Å². The van der Waals surface area contributed by atoms with Crippen molar-refractivity contribution in [3.8, 4) is 11.8 Å². The van der Waals surface area contributed by atoms with Gasteiger partial charge in [0.2, 0.25) is 0 Å². The van der Waals surface area contributed by atoms with Gasteiger partial charge in [0, 0.05) is 0 Å². The molecule has 0 aliphatic heterocycles. The van der Waals surface area contributed by atoms with Crippen LogP contribution in [-0.2, 0) is 0 Å². The number of nitriles is 1. The highest BCUT2D eigenvalue weighted by Crippen LogP contribution is 2.17. The molecule has 1 unspecified atom stereocenters. The summed E-state index contributed by atoms with van der Waals surface area (Å²) in [5.74, 6) is 0.770. The molecule has 0 aromatic heterocycles. The first-order valence-electron chi connectivity index (χ1n) is 4.26. The standard InChI is InChI=1S/C11H13NO/c1-8-4-9(2)6-11(5-8)13-10(3)7-12/h4-6,10H,1-3H3. The second kappa shape index (κ2) is 3.95. The lowest BCUT2D eigenvalue weighted by molar-refractivity contribution is 0.276. The van der Waals surface area contributed by atoms with Gasteiger partial charge in [0.25, 0.3) is 0 Å². The number of rotatable bonds is 2. The molecule has 0 N–H and O–H groups in total. The molecule has 2 nitrogen and oxygen atoms in total. The third kappa shape index (κ3) is 2.79. The lowest BCUT2D eigenvalue weighted by atomic mass is 10.1. The largest absolute Gasteiger partial charge is 0.476 e. The Hall–Kier alpha value is -1.49. The number of nitrogens with zero attached hydrogens (tertiary/aromatic N) is 1. The highest BCUT2D eigenvalue weighted by atomic mass is 16.5. The Labute approximate surface area is 78.8 Å². The van der Waals surface area contributed by atoms with Crippen molar-refractivity contribution in [2.75, 3.05) is 0 Å². The molecule has 13 heavy (non-hydrogen) atoms. The first-order chi connectivity index (χ1) is 6.11. The van der Waals surface area contributed by atoms with Crippen molar-refractivity contribution in [3.05, 3.63) is 29.3 Å². The molecule has 0 amide bonds. The van der Waals surface area contributed by atoms with Crippen LogP contribution in [0.4, 0.5) is 0 Å². The number of hydrogen-bond acceptors (Lipinski definition) is 2. The zero-order chi connectivity index (χ0) is 9.84. The van der Waals surface area contributed by atoms with E-state index in [1.165, 1.54) is 0 Å². The third-order valence-corrected chi connectivity index (χ3v) is 1.69. The van der Waals surface area contributed by atoms with Crippen LogP contribution in [0.1, 0.15) is 18.1 Å². The lowest BCUT2D eigenvalue weighted by Crippen LogP contribution is -2.08. The van der Waals surface area contributed by atoms with Crippen molar-refractivity contribution in [1.82, 2.24) is 0 Å². The summed E-state index contributed by atoms with van der Waals surface area (Å²) >= 11 is 0. The van der Waals surface area contributed by atoms with Gasteiger partial charge in [-0.15, -0.1) is 0 Å². The minimum atomic E-state index is -0.388. The van der Waals surface area contributed by atoms with Crippen molar-refractivity contribution < 1.29 is 4.74 Å². The van der Waals surface area contributed by atoms with Crippen LogP contribution in [0.3, 0.4) is 0 Å². The maximum Gasteiger partial charge on any atom is 0.181 e. The number of benzene rings is 1. The zero-order valence-corrected chi connectivity index (χ0v) is 8.16. The van der Waals surface area contributed by atoms with Crippen LogP contribution in [-0.4, -0.2) is 6.10 Å². The van der Waals surface area contributed by atoms with E-state index >= 15 is 0 Å². The van der Waals surface area contributed by atoms with Gasteiger partial charge in [-0.25, -0.2) is 0 Å². The van der Waals surface area contributed by atoms with Crippen molar-refractivity contribution in [3.63, 3.8) is 0 Å².